The van der Waals surface area contributed by atoms with E-state index in [0.29, 0.717) is 21.4 Å². The molecule has 25 heavy (non-hydrogen) atoms. The summed E-state index contributed by atoms with van der Waals surface area (Å²) in [6.07, 6.45) is 0. The van der Waals surface area contributed by atoms with E-state index < -0.39 is 0 Å². The summed E-state index contributed by atoms with van der Waals surface area (Å²) < 4.78 is 0. The van der Waals surface area contributed by atoms with Crippen LogP contribution in [0.4, 0.5) is 11.4 Å². The molecule has 0 heterocycles. The Bertz CT molecular complexity index is 811. The molecule has 132 valence electrons. The van der Waals surface area contributed by atoms with E-state index in [0.717, 1.165) is 16.7 Å². The van der Waals surface area contributed by atoms with Gasteiger partial charge in [0.15, 0.2) is 0 Å². The summed E-state index contributed by atoms with van der Waals surface area (Å²) >= 11 is 12.2. The SMILES string of the molecule is CC(=O)N(CC(=O)Nc1c(C)cc(C)cc1Cl)c1ccc(Cl)cc1C. The minimum absolute atomic E-state index is 0.110. The molecular formula is C19H20Cl2N2O2. The van der Waals surface area contributed by atoms with E-state index >= 15 is 0 Å². The lowest BCUT2D eigenvalue weighted by Gasteiger charge is -2.23. The topological polar surface area (TPSA) is 49.4 Å². The Labute approximate surface area is 157 Å². The van der Waals surface area contributed by atoms with E-state index in [1.807, 2.05) is 26.8 Å². The number of rotatable bonds is 4. The summed E-state index contributed by atoms with van der Waals surface area (Å²) in [6, 6.07) is 8.91. The van der Waals surface area contributed by atoms with Gasteiger partial charge in [0.2, 0.25) is 11.8 Å². The van der Waals surface area contributed by atoms with Crippen molar-refractivity contribution in [2.75, 3.05) is 16.8 Å². The maximum atomic E-state index is 12.5. The summed E-state index contributed by atoms with van der Waals surface area (Å²) in [6.45, 7) is 6.97. The van der Waals surface area contributed by atoms with Crippen molar-refractivity contribution in [3.05, 3.63) is 57.1 Å². The van der Waals surface area contributed by atoms with Gasteiger partial charge in [-0.3, -0.25) is 9.59 Å². The number of anilines is 2. The van der Waals surface area contributed by atoms with Crippen LogP contribution < -0.4 is 10.2 Å². The van der Waals surface area contributed by atoms with Crippen molar-refractivity contribution in [2.24, 2.45) is 0 Å². The number of nitrogens with one attached hydrogen (secondary N) is 1. The van der Waals surface area contributed by atoms with Gasteiger partial charge in [0.25, 0.3) is 0 Å². The second-order valence-corrected chi connectivity index (χ2v) is 6.87. The molecule has 0 spiro atoms. The molecule has 0 aliphatic rings. The third-order valence-corrected chi connectivity index (χ3v) is 4.36. The van der Waals surface area contributed by atoms with Gasteiger partial charge in [0.05, 0.1) is 10.7 Å². The molecule has 0 aliphatic heterocycles. The molecule has 2 rings (SSSR count). The molecule has 1 N–H and O–H groups in total. The van der Waals surface area contributed by atoms with Gasteiger partial charge in [-0.05, 0) is 61.7 Å². The van der Waals surface area contributed by atoms with Crippen molar-refractivity contribution in [1.29, 1.82) is 0 Å². The van der Waals surface area contributed by atoms with E-state index in [1.165, 1.54) is 11.8 Å². The van der Waals surface area contributed by atoms with Crippen LogP contribution in [0.5, 0.6) is 0 Å². The number of benzene rings is 2. The Balaban J connectivity index is 2.23. The molecule has 0 radical (unpaired) electrons. The highest BCUT2D eigenvalue weighted by atomic mass is 35.5. The number of carbonyl (C=O) groups is 2. The largest absolute Gasteiger partial charge is 0.323 e. The smallest absolute Gasteiger partial charge is 0.244 e. The maximum Gasteiger partial charge on any atom is 0.244 e. The van der Waals surface area contributed by atoms with Crippen molar-refractivity contribution in [3.8, 4) is 0 Å². The standard InChI is InChI=1S/C19H20Cl2N2O2/c1-11-7-13(3)19(16(21)8-11)22-18(25)10-23(14(4)24)17-6-5-15(20)9-12(17)2/h5-9H,10H2,1-4H3,(H,22,25). The first-order valence-electron chi connectivity index (χ1n) is 7.80. The normalized spacial score (nSPS) is 10.5. The summed E-state index contributed by atoms with van der Waals surface area (Å²) in [4.78, 5) is 25.9. The molecule has 0 atom stereocenters. The summed E-state index contributed by atoms with van der Waals surface area (Å²) in [5.41, 5.74) is 3.92. The number of nitrogens with zero attached hydrogens (tertiary/aromatic N) is 1. The molecule has 6 heteroatoms. The van der Waals surface area contributed by atoms with Crippen LogP contribution in [-0.2, 0) is 9.59 Å². The van der Waals surface area contributed by atoms with Crippen LogP contribution in [-0.4, -0.2) is 18.4 Å². The van der Waals surface area contributed by atoms with Crippen LogP contribution in [0.15, 0.2) is 30.3 Å². The number of hydrogen-bond acceptors (Lipinski definition) is 2. The molecule has 0 aliphatic carbocycles. The molecule has 0 fully saturated rings. The fourth-order valence-electron chi connectivity index (χ4n) is 2.68. The zero-order valence-electron chi connectivity index (χ0n) is 14.6. The van der Waals surface area contributed by atoms with Gasteiger partial charge in [0.1, 0.15) is 6.54 Å². The van der Waals surface area contributed by atoms with E-state index in [4.69, 9.17) is 23.2 Å². The van der Waals surface area contributed by atoms with E-state index in [2.05, 4.69) is 5.32 Å². The van der Waals surface area contributed by atoms with E-state index in [1.54, 1.807) is 24.3 Å². The quantitative estimate of drug-likeness (QED) is 0.821. The predicted molar refractivity (Wildman–Crippen MR) is 104 cm³/mol. The van der Waals surface area contributed by atoms with Crippen LogP contribution in [0.2, 0.25) is 10.0 Å². The molecule has 2 aromatic carbocycles. The van der Waals surface area contributed by atoms with Crippen LogP contribution >= 0.6 is 23.2 Å². The lowest BCUT2D eigenvalue weighted by Crippen LogP contribution is -2.37. The van der Waals surface area contributed by atoms with Crippen LogP contribution in [0.25, 0.3) is 0 Å². The average molecular weight is 379 g/mol. The number of carbonyl (C=O) groups excluding carboxylic acids is 2. The Morgan fingerprint density at radius 1 is 1.04 bits per heavy atom. The molecule has 0 aromatic heterocycles. The molecule has 0 saturated carbocycles. The number of amides is 2. The fraction of sp³-hybridized carbons (Fsp3) is 0.263. The molecule has 0 saturated heterocycles. The molecular weight excluding hydrogens is 359 g/mol. The summed E-state index contributed by atoms with van der Waals surface area (Å²) in [7, 11) is 0. The van der Waals surface area contributed by atoms with Crippen molar-refractivity contribution >= 4 is 46.4 Å². The number of aryl methyl sites for hydroxylation is 3. The third-order valence-electron chi connectivity index (χ3n) is 3.83. The number of halogens is 2. The van der Waals surface area contributed by atoms with Gasteiger partial charge in [0, 0.05) is 17.6 Å². The minimum atomic E-state index is -0.321. The summed E-state index contributed by atoms with van der Waals surface area (Å²) in [5.74, 6) is -0.550. The van der Waals surface area contributed by atoms with Gasteiger partial charge in [-0.1, -0.05) is 29.3 Å². The van der Waals surface area contributed by atoms with Gasteiger partial charge >= 0.3 is 0 Å². The monoisotopic (exact) mass is 378 g/mol. The third kappa shape index (κ3) is 4.74. The Morgan fingerprint density at radius 3 is 2.28 bits per heavy atom. The van der Waals surface area contributed by atoms with E-state index in [9.17, 15) is 9.59 Å². The molecule has 2 aromatic rings. The van der Waals surface area contributed by atoms with Gasteiger partial charge < -0.3 is 10.2 Å². The zero-order chi connectivity index (χ0) is 18.7. The highest BCUT2D eigenvalue weighted by Crippen LogP contribution is 2.28. The Morgan fingerprint density at radius 2 is 1.72 bits per heavy atom. The first kappa shape index (κ1) is 19.3. The summed E-state index contributed by atoms with van der Waals surface area (Å²) in [5, 5.41) is 3.86. The maximum absolute atomic E-state index is 12.5. The lowest BCUT2D eigenvalue weighted by molar-refractivity contribution is -0.120. The van der Waals surface area contributed by atoms with Crippen LogP contribution in [0, 0.1) is 20.8 Å². The molecule has 0 bridgehead atoms. The van der Waals surface area contributed by atoms with Gasteiger partial charge in [-0.25, -0.2) is 0 Å². The highest BCUT2D eigenvalue weighted by molar-refractivity contribution is 6.34. The molecule has 2 amide bonds. The van der Waals surface area contributed by atoms with Gasteiger partial charge in [-0.15, -0.1) is 0 Å². The first-order valence-corrected chi connectivity index (χ1v) is 8.55. The van der Waals surface area contributed by atoms with Crippen LogP contribution in [0.3, 0.4) is 0 Å². The Kier molecular flexibility index (Phi) is 6.09. The predicted octanol–water partition coefficient (Wildman–Crippen LogP) is 4.91. The van der Waals surface area contributed by atoms with Crippen molar-refractivity contribution < 1.29 is 9.59 Å². The second kappa shape index (κ2) is 7.89. The molecule has 0 unspecified atom stereocenters. The Hall–Kier alpha value is -2.04. The van der Waals surface area contributed by atoms with Gasteiger partial charge in [-0.2, -0.15) is 0 Å². The van der Waals surface area contributed by atoms with Crippen molar-refractivity contribution in [1.82, 2.24) is 0 Å². The second-order valence-electron chi connectivity index (χ2n) is 6.02. The van der Waals surface area contributed by atoms with Crippen molar-refractivity contribution in [3.63, 3.8) is 0 Å². The highest BCUT2D eigenvalue weighted by Gasteiger charge is 2.19. The molecule has 4 nitrogen and oxygen atoms in total. The average Bonchev–Trinajstić information content (AvgIpc) is 2.49. The van der Waals surface area contributed by atoms with Crippen LogP contribution in [0.1, 0.15) is 23.6 Å². The van der Waals surface area contributed by atoms with Crippen molar-refractivity contribution in [2.45, 2.75) is 27.7 Å². The van der Waals surface area contributed by atoms with E-state index in [-0.39, 0.29) is 18.4 Å². The zero-order valence-corrected chi connectivity index (χ0v) is 16.1. The minimum Gasteiger partial charge on any atom is -0.323 e. The number of hydrogen-bond donors (Lipinski definition) is 1. The first-order chi connectivity index (χ1) is 11.7. The fourth-order valence-corrected chi connectivity index (χ4v) is 3.28. The lowest BCUT2D eigenvalue weighted by atomic mass is 10.1.